The highest BCUT2D eigenvalue weighted by atomic mass is 32.3. The second-order valence-corrected chi connectivity index (χ2v) is 24.3. The van der Waals surface area contributed by atoms with E-state index < -0.39 is 186 Å². The van der Waals surface area contributed by atoms with Gasteiger partial charge in [0.05, 0.1) is 50.5 Å². The SMILES string of the molecule is CN[C@@H]1[C@@H](O)[C@@H](O[C@@H]2[C@@H](O)[C@H](OC3OC(CN)=CCC3N)[C@@H](N)C[C@H]2N)OC[C@]1(C)O.CN[C@@H]1[C@@H](O)[C@@H](O[C@@H]2[C@@H](O)[C@H](OC3OC(CN)=CCC3N)[C@@H](N)C[C@H]2N)OC[C@]1(C)O.O=S(=O)(O)O.O=S(=O)(O)O.O=S(=O)(O)O.O=S(=O)(O)O.O=S(=O)(O)O. The summed E-state index contributed by atoms with van der Waals surface area (Å²) in [5.41, 5.74) is 45.7. The molecule has 4 heterocycles. The normalized spacial score (nSPS) is 38.1. The van der Waals surface area contributed by atoms with Gasteiger partial charge in [-0.15, -0.1) is 0 Å². The summed E-state index contributed by atoms with van der Waals surface area (Å²) in [4.78, 5) is 0. The number of aliphatic hydroxyl groups excluding tert-OH is 4. The number of hydrogen-bond acceptors (Lipinski definition) is 34. The van der Waals surface area contributed by atoms with Crippen molar-refractivity contribution in [2.24, 2.45) is 45.9 Å². The fraction of sp³-hybridized carbons (Fsp3) is 0.895. The molecule has 87 heavy (non-hydrogen) atoms. The lowest BCUT2D eigenvalue weighted by molar-refractivity contribution is -0.303. The average Bonchev–Trinajstić information content (AvgIpc) is 1.34. The molecule has 4 unspecified atom stereocenters. The van der Waals surface area contributed by atoms with E-state index in [9.17, 15) is 30.6 Å². The Hall–Kier alpha value is -2.45. The van der Waals surface area contributed by atoms with Gasteiger partial charge in [0.2, 0.25) is 12.6 Å². The molecule has 22 atom stereocenters. The molecule has 0 radical (unpaired) electrons. The molecule has 6 aliphatic rings. The lowest BCUT2D eigenvalue weighted by Crippen LogP contribution is -2.68. The number of nitrogens with one attached hydrogen (secondary N) is 2. The maximum absolute atomic E-state index is 11.0. The Balaban J connectivity index is 0.00000122. The Labute approximate surface area is 500 Å². The lowest BCUT2D eigenvalue weighted by Gasteiger charge is -2.48. The molecule has 2 saturated heterocycles. The maximum Gasteiger partial charge on any atom is 0.394 e. The molecule has 0 aromatic heterocycles. The first-order valence-corrected chi connectivity index (χ1v) is 31.7. The van der Waals surface area contributed by atoms with Crippen molar-refractivity contribution < 1.29 is 156 Å². The van der Waals surface area contributed by atoms with Gasteiger partial charge in [0.1, 0.15) is 71.6 Å². The highest BCUT2D eigenvalue weighted by Crippen LogP contribution is 2.33. The molecule has 2 saturated carbocycles. The fourth-order valence-electron chi connectivity index (χ4n) is 8.88. The average molecular weight is 1390 g/mol. The second kappa shape index (κ2) is 36.1. The van der Waals surface area contributed by atoms with Crippen LogP contribution in [0.5, 0.6) is 0 Å². The summed E-state index contributed by atoms with van der Waals surface area (Å²) < 4.78 is 204. The number of rotatable bonds is 12. The molecule has 0 bridgehead atoms. The van der Waals surface area contributed by atoms with Crippen LogP contribution in [0.15, 0.2) is 23.7 Å². The molecule has 34 N–H and O–H groups in total. The van der Waals surface area contributed by atoms with Crippen LogP contribution in [0, 0.1) is 0 Å². The molecule has 520 valence electrons. The van der Waals surface area contributed by atoms with Gasteiger partial charge in [0.25, 0.3) is 0 Å². The molecule has 49 heteroatoms. The van der Waals surface area contributed by atoms with Gasteiger partial charge in [-0.3, -0.25) is 45.5 Å². The van der Waals surface area contributed by atoms with E-state index in [4.69, 9.17) is 171 Å². The molecule has 0 aromatic carbocycles. The van der Waals surface area contributed by atoms with Gasteiger partial charge in [-0.2, -0.15) is 42.1 Å². The van der Waals surface area contributed by atoms with E-state index in [1.54, 1.807) is 40.1 Å². The number of nitrogens with two attached hydrogens (primary N) is 8. The van der Waals surface area contributed by atoms with Gasteiger partial charge < -0.3 is 125 Å². The molecule has 0 amide bonds. The van der Waals surface area contributed by atoms with Crippen LogP contribution in [0.4, 0.5) is 0 Å². The van der Waals surface area contributed by atoms with Crippen LogP contribution in [-0.2, 0) is 89.9 Å². The first-order valence-electron chi connectivity index (χ1n) is 24.7. The number of aliphatic hydroxyl groups is 6. The highest BCUT2D eigenvalue weighted by molar-refractivity contribution is 7.80. The number of hydrogen-bond donors (Lipinski definition) is 26. The molecule has 0 spiro atoms. The van der Waals surface area contributed by atoms with E-state index in [-0.39, 0.29) is 26.3 Å². The van der Waals surface area contributed by atoms with Crippen molar-refractivity contribution in [3.05, 3.63) is 23.7 Å². The minimum absolute atomic E-state index is 0.0727. The van der Waals surface area contributed by atoms with Crippen molar-refractivity contribution in [2.75, 3.05) is 40.4 Å². The zero-order valence-corrected chi connectivity index (χ0v) is 50.6. The smallest absolute Gasteiger partial charge is 0.394 e. The Morgan fingerprint density at radius 2 is 0.667 bits per heavy atom. The minimum Gasteiger partial charge on any atom is -0.467 e. The van der Waals surface area contributed by atoms with Gasteiger partial charge in [-0.25, -0.2) is 0 Å². The van der Waals surface area contributed by atoms with E-state index in [0.29, 0.717) is 37.2 Å². The molecule has 6 rings (SSSR count). The summed E-state index contributed by atoms with van der Waals surface area (Å²) in [6.07, 6.45) is -7.13. The summed E-state index contributed by atoms with van der Waals surface area (Å²) in [6.45, 7) is 3.36. The van der Waals surface area contributed by atoms with Crippen LogP contribution in [0.25, 0.3) is 0 Å². The highest BCUT2D eigenvalue weighted by Gasteiger charge is 2.53. The molecular weight excluding hydrogens is 1300 g/mol. The van der Waals surface area contributed by atoms with Crippen molar-refractivity contribution in [3.63, 3.8) is 0 Å². The van der Waals surface area contributed by atoms with Gasteiger partial charge in [-0.1, -0.05) is 0 Å². The third kappa shape index (κ3) is 34.2. The summed E-state index contributed by atoms with van der Waals surface area (Å²) in [7, 11) is -20.1. The Morgan fingerprint density at radius 3 is 0.874 bits per heavy atom. The van der Waals surface area contributed by atoms with Gasteiger partial charge >= 0.3 is 52.0 Å². The van der Waals surface area contributed by atoms with E-state index in [2.05, 4.69) is 10.6 Å². The zero-order chi connectivity index (χ0) is 68.3. The lowest BCUT2D eigenvalue weighted by atomic mass is 9.84. The quantitative estimate of drug-likeness (QED) is 0.0807. The van der Waals surface area contributed by atoms with E-state index >= 15 is 0 Å². The fourth-order valence-corrected chi connectivity index (χ4v) is 8.88. The Bertz CT molecular complexity index is 2390. The second-order valence-electron chi connectivity index (χ2n) is 19.9. The van der Waals surface area contributed by atoms with Crippen LogP contribution >= 0.6 is 0 Å². The molecule has 4 aliphatic heterocycles. The van der Waals surface area contributed by atoms with Crippen molar-refractivity contribution in [2.45, 2.75) is 173 Å². The van der Waals surface area contributed by atoms with Gasteiger partial charge in [0.15, 0.2) is 12.6 Å². The van der Waals surface area contributed by atoms with Crippen molar-refractivity contribution in [1.82, 2.24) is 10.6 Å². The van der Waals surface area contributed by atoms with Crippen LogP contribution in [0.1, 0.15) is 39.5 Å². The van der Waals surface area contributed by atoms with E-state index in [1.165, 1.54) is 0 Å². The Morgan fingerprint density at radius 1 is 0.448 bits per heavy atom. The Kier molecular flexibility index (Phi) is 35.1. The summed E-state index contributed by atoms with van der Waals surface area (Å²) in [5.74, 6) is 1.11. The molecule has 2 aliphatic carbocycles. The van der Waals surface area contributed by atoms with Crippen LogP contribution in [0.3, 0.4) is 0 Å². The monoisotopic (exact) mass is 1380 g/mol. The third-order valence-electron chi connectivity index (χ3n) is 12.4. The van der Waals surface area contributed by atoms with Crippen molar-refractivity contribution in [3.8, 4) is 0 Å². The molecular formula is C38H84N10O34S5. The van der Waals surface area contributed by atoms with Gasteiger partial charge in [-0.05, 0) is 65.8 Å². The molecule has 44 nitrogen and oxygen atoms in total. The predicted molar refractivity (Wildman–Crippen MR) is 291 cm³/mol. The third-order valence-corrected chi connectivity index (χ3v) is 12.4. The van der Waals surface area contributed by atoms with Crippen LogP contribution < -0.4 is 56.5 Å². The minimum atomic E-state index is -4.67. The summed E-state index contributed by atoms with van der Waals surface area (Å²) >= 11 is 0. The van der Waals surface area contributed by atoms with Crippen molar-refractivity contribution in [1.29, 1.82) is 0 Å². The van der Waals surface area contributed by atoms with Gasteiger partial charge in [0, 0.05) is 24.2 Å². The first-order chi connectivity index (χ1) is 39.2. The number of likely N-dealkylation sites (N-methyl/N-ethyl adjacent to an activating group) is 2. The molecule has 4 fully saturated rings. The number of ether oxygens (including phenoxy) is 8. The summed E-state index contributed by atoms with van der Waals surface area (Å²) in [6, 6.07) is -4.74. The maximum atomic E-state index is 11.0. The molecule has 0 aromatic rings. The van der Waals surface area contributed by atoms with E-state index in [1.807, 2.05) is 0 Å². The van der Waals surface area contributed by atoms with E-state index in [0.717, 1.165) is 0 Å². The topological polar surface area (TPSA) is 800 Å². The zero-order valence-electron chi connectivity index (χ0n) is 46.5. The predicted octanol–water partition coefficient (Wildman–Crippen LogP) is -11.0. The van der Waals surface area contributed by atoms with Crippen LogP contribution in [-0.4, -0.2) is 292 Å². The van der Waals surface area contributed by atoms with Crippen molar-refractivity contribution >= 4 is 52.0 Å². The first kappa shape index (κ1) is 84.5. The standard InChI is InChI=1S/2C19H37N5O7.5H2O4S/c2*1-19(27)7-28-18(13(26)16(19)24-2)31-15-11(23)5-10(22)14(12(15)25)30-17-9(21)4-3-8(6-20)29-17;5*1-5(2,3)4/h2*3,9-18,24-27H,4-7,20-23H2,1-2H3;5*(H2,1,2,3,4)/t2*9?,10-,11+,12-,13+,14+,15-,16+,17?,18+,19-;;;;;/m00...../s1. The largest absolute Gasteiger partial charge is 0.467 e. The summed E-state index contributed by atoms with van der Waals surface area (Å²) in [5, 5.41) is 69.8. The van der Waals surface area contributed by atoms with Crippen LogP contribution in [0.2, 0.25) is 0 Å².